The topological polar surface area (TPSA) is 139 Å². The van der Waals surface area contributed by atoms with Gasteiger partial charge < -0.3 is 9.80 Å². The van der Waals surface area contributed by atoms with Crippen LogP contribution in [-0.2, 0) is 34.4 Å². The third-order valence-electron chi connectivity index (χ3n) is 12.4. The number of hydrogen-bond acceptors (Lipinski definition) is 11. The lowest BCUT2D eigenvalue weighted by molar-refractivity contribution is 0.247. The van der Waals surface area contributed by atoms with Gasteiger partial charge in [-0.3, -0.25) is 19.6 Å². The molecule has 4 amide bonds. The van der Waals surface area contributed by atoms with Crippen LogP contribution in [0.3, 0.4) is 0 Å². The van der Waals surface area contributed by atoms with Gasteiger partial charge in [0.05, 0.1) is 40.3 Å². The molecule has 0 atom stereocenters. The number of amides is 4. The molecule has 0 bridgehead atoms. The predicted octanol–water partition coefficient (Wildman–Crippen LogP) is 9.61. The number of halogens is 2. The number of hydrogen-bond donors (Lipinski definition) is 0. The Labute approximate surface area is 411 Å². The van der Waals surface area contributed by atoms with Crippen molar-refractivity contribution in [1.82, 2.24) is 29.7 Å². The number of fused-ring (bicyclic) bond motifs is 2. The van der Waals surface area contributed by atoms with E-state index < -0.39 is 9.84 Å². The van der Waals surface area contributed by atoms with Crippen LogP contribution in [0.15, 0.2) is 132 Å². The Hall–Kier alpha value is -5.62. The van der Waals surface area contributed by atoms with E-state index in [0.29, 0.717) is 75.5 Å². The van der Waals surface area contributed by atoms with E-state index in [0.717, 1.165) is 56.9 Å². The Kier molecular flexibility index (Phi) is 15.2. The Balaban J connectivity index is 0.000000170. The van der Waals surface area contributed by atoms with E-state index in [1.807, 2.05) is 66.9 Å². The SMILES string of the molecule is O=C1N(c2ccccc2Cl)Cc2cnc(S(=O)(=O)Cc3ccccc3)nc2N1CCN1CCCC1.O=C1N(c2ccccc2Cl)Cc2cnc(SCc3ccccc3)nc2N1CCN1CCCC1. The third-order valence-corrected chi connectivity index (χ3v) is 15.4. The van der Waals surface area contributed by atoms with Crippen LogP contribution in [0.25, 0.3) is 0 Å². The van der Waals surface area contributed by atoms with Gasteiger partial charge in [-0.25, -0.2) is 37.9 Å². The summed E-state index contributed by atoms with van der Waals surface area (Å²) in [5, 5.41) is 1.43. The first-order valence-corrected chi connectivity index (χ1v) is 26.3. The second-order valence-electron chi connectivity index (χ2n) is 17.1. The molecule has 18 heteroatoms. The van der Waals surface area contributed by atoms with E-state index in [2.05, 4.69) is 36.9 Å². The molecule has 2 fully saturated rings. The van der Waals surface area contributed by atoms with Crippen molar-refractivity contribution >= 4 is 79.9 Å². The molecule has 10 rings (SSSR count). The minimum absolute atomic E-state index is 0.0903. The lowest BCUT2D eigenvalue weighted by Crippen LogP contribution is -2.50. The molecule has 0 spiro atoms. The number of sulfone groups is 1. The Morgan fingerprint density at radius 1 is 0.544 bits per heavy atom. The number of urea groups is 2. The zero-order valence-electron chi connectivity index (χ0n) is 37.5. The number of likely N-dealkylation sites (tertiary alicyclic amines) is 2. The molecule has 2 saturated heterocycles. The molecule has 0 radical (unpaired) electrons. The maximum atomic E-state index is 13.7. The zero-order chi connectivity index (χ0) is 47.0. The van der Waals surface area contributed by atoms with Crippen LogP contribution in [0.4, 0.5) is 32.6 Å². The molecule has 6 aromatic rings. The van der Waals surface area contributed by atoms with E-state index in [4.69, 9.17) is 28.2 Å². The van der Waals surface area contributed by atoms with Crippen LogP contribution in [-0.4, -0.2) is 103 Å². The molecule has 0 aliphatic carbocycles. The molecule has 6 heterocycles. The first-order valence-electron chi connectivity index (χ1n) is 22.9. The Bertz CT molecular complexity index is 2840. The first-order chi connectivity index (χ1) is 33.1. The second kappa shape index (κ2) is 21.8. The molecule has 0 saturated carbocycles. The van der Waals surface area contributed by atoms with Gasteiger partial charge in [-0.15, -0.1) is 0 Å². The van der Waals surface area contributed by atoms with Gasteiger partial charge in [0.25, 0.3) is 0 Å². The van der Waals surface area contributed by atoms with Crippen molar-refractivity contribution in [2.45, 2.75) is 60.6 Å². The van der Waals surface area contributed by atoms with E-state index >= 15 is 0 Å². The molecule has 4 aliphatic rings. The fourth-order valence-corrected chi connectivity index (χ4v) is 11.3. The van der Waals surface area contributed by atoms with Gasteiger partial charge in [-0.2, -0.15) is 0 Å². The molecule has 4 aliphatic heterocycles. The number of carbonyl (C=O) groups is 2. The summed E-state index contributed by atoms with van der Waals surface area (Å²) in [6, 6.07) is 33.5. The normalized spacial score (nSPS) is 16.4. The van der Waals surface area contributed by atoms with Gasteiger partial charge in [0.1, 0.15) is 11.6 Å². The summed E-state index contributed by atoms with van der Waals surface area (Å²) in [6.45, 7) is 7.26. The van der Waals surface area contributed by atoms with E-state index in [-0.39, 0.29) is 29.5 Å². The molecule has 352 valence electrons. The lowest BCUT2D eigenvalue weighted by atomic mass is 10.2. The average Bonchev–Trinajstić information content (AvgIpc) is 4.09. The fourth-order valence-electron chi connectivity index (χ4n) is 8.82. The van der Waals surface area contributed by atoms with Crippen LogP contribution in [0.1, 0.15) is 47.9 Å². The van der Waals surface area contributed by atoms with Crippen molar-refractivity contribution in [1.29, 1.82) is 0 Å². The van der Waals surface area contributed by atoms with Gasteiger partial charge in [-0.05, 0) is 87.3 Å². The monoisotopic (exact) mass is 990 g/mol. The molecular formula is C50H52Cl2N10O4S2. The van der Waals surface area contributed by atoms with Crippen LogP contribution in [0.5, 0.6) is 0 Å². The van der Waals surface area contributed by atoms with Crippen molar-refractivity contribution in [3.63, 3.8) is 0 Å². The molecule has 2 aromatic heterocycles. The lowest BCUT2D eigenvalue weighted by Gasteiger charge is -2.37. The number of para-hydroxylation sites is 2. The molecular weight excluding hydrogens is 940 g/mol. The number of benzene rings is 4. The maximum absolute atomic E-state index is 13.7. The summed E-state index contributed by atoms with van der Waals surface area (Å²) in [5.74, 6) is 1.64. The number of anilines is 4. The molecule has 4 aromatic carbocycles. The highest BCUT2D eigenvalue weighted by Crippen LogP contribution is 2.37. The predicted molar refractivity (Wildman–Crippen MR) is 270 cm³/mol. The van der Waals surface area contributed by atoms with Gasteiger partial charge >= 0.3 is 12.1 Å². The highest BCUT2D eigenvalue weighted by Gasteiger charge is 2.37. The minimum atomic E-state index is -3.80. The summed E-state index contributed by atoms with van der Waals surface area (Å²) >= 11 is 14.4. The number of aromatic nitrogens is 4. The molecule has 68 heavy (non-hydrogen) atoms. The van der Waals surface area contributed by atoms with Gasteiger partial charge in [0.15, 0.2) is 5.16 Å². The van der Waals surface area contributed by atoms with E-state index in [9.17, 15) is 18.0 Å². The van der Waals surface area contributed by atoms with Crippen molar-refractivity contribution < 1.29 is 18.0 Å². The summed E-state index contributed by atoms with van der Waals surface area (Å²) in [7, 11) is -3.80. The van der Waals surface area contributed by atoms with Crippen molar-refractivity contribution in [2.75, 3.05) is 72.0 Å². The van der Waals surface area contributed by atoms with Crippen LogP contribution < -0.4 is 19.6 Å². The minimum Gasteiger partial charge on any atom is -0.302 e. The molecule has 0 N–H and O–H groups in total. The van der Waals surface area contributed by atoms with Crippen LogP contribution in [0.2, 0.25) is 10.0 Å². The number of thioether (sulfide) groups is 1. The summed E-state index contributed by atoms with van der Waals surface area (Å²) < 4.78 is 26.2. The Morgan fingerprint density at radius 3 is 1.51 bits per heavy atom. The quantitative estimate of drug-likeness (QED) is 0.0762. The fraction of sp³-hybridized carbons (Fsp3) is 0.320. The van der Waals surface area contributed by atoms with Crippen molar-refractivity contribution in [3.05, 3.63) is 154 Å². The first kappa shape index (κ1) is 47.4. The third kappa shape index (κ3) is 11.1. The largest absolute Gasteiger partial charge is 0.330 e. The average molecular weight is 992 g/mol. The van der Waals surface area contributed by atoms with E-state index in [1.54, 1.807) is 67.8 Å². The Morgan fingerprint density at radius 2 is 1.00 bits per heavy atom. The van der Waals surface area contributed by atoms with Gasteiger partial charge in [0, 0.05) is 55.5 Å². The van der Waals surface area contributed by atoms with Gasteiger partial charge in [-0.1, -0.05) is 120 Å². The van der Waals surface area contributed by atoms with Crippen molar-refractivity contribution in [3.8, 4) is 0 Å². The molecule has 14 nitrogen and oxygen atoms in total. The number of carbonyl (C=O) groups excluding carboxylic acids is 2. The summed E-state index contributed by atoms with van der Waals surface area (Å²) in [4.78, 5) is 56.8. The molecule has 0 unspecified atom stereocenters. The highest BCUT2D eigenvalue weighted by atomic mass is 35.5. The zero-order valence-corrected chi connectivity index (χ0v) is 40.7. The smallest absolute Gasteiger partial charge is 0.302 e. The maximum Gasteiger partial charge on any atom is 0.330 e. The van der Waals surface area contributed by atoms with Gasteiger partial charge in [0.2, 0.25) is 15.0 Å². The number of rotatable bonds is 14. The standard InChI is InChI=1S/C25H26ClN5O3S.C25H26ClN5OS/c26-21-10-4-5-11-22(21)31-17-20-16-27-24(35(33,34)18-19-8-2-1-3-9-19)28-23(20)30(25(31)32)15-14-29-12-6-7-13-29;26-21-10-4-5-11-22(21)31-17-20-16-27-24(33-18-19-8-2-1-3-9-19)28-23(20)30(25(31)32)15-14-29-12-6-7-13-29/h1-5,8-11,16H,6-7,12-15,17-18H2;1-5,8-11,16H,6-7,12-15,17-18H2. The highest BCUT2D eigenvalue weighted by molar-refractivity contribution is 7.98. The van der Waals surface area contributed by atoms with Crippen LogP contribution in [0, 0.1) is 0 Å². The summed E-state index contributed by atoms with van der Waals surface area (Å²) in [6.07, 6.45) is 8.09. The number of nitrogens with zero attached hydrogens (tertiary/aromatic N) is 10. The van der Waals surface area contributed by atoms with E-state index in [1.165, 1.54) is 24.6 Å². The van der Waals surface area contributed by atoms with Crippen molar-refractivity contribution in [2.24, 2.45) is 0 Å². The summed E-state index contributed by atoms with van der Waals surface area (Å²) in [5.41, 5.74) is 4.78. The second-order valence-corrected chi connectivity index (χ2v) is 20.7. The van der Waals surface area contributed by atoms with Crippen LogP contribution >= 0.6 is 35.0 Å².